The molecule has 1 aromatic carbocycles. The van der Waals surface area contributed by atoms with Gasteiger partial charge >= 0.3 is 0 Å². The van der Waals surface area contributed by atoms with Gasteiger partial charge in [-0.3, -0.25) is 0 Å². The Balaban J connectivity index is 1.90. The van der Waals surface area contributed by atoms with Crippen LogP contribution in [0.2, 0.25) is 0 Å². The van der Waals surface area contributed by atoms with Crippen molar-refractivity contribution in [1.82, 2.24) is 4.72 Å². The second-order valence-electron chi connectivity index (χ2n) is 5.24. The van der Waals surface area contributed by atoms with Crippen LogP contribution in [0.4, 0.5) is 0 Å². The number of rotatable bonds is 5. The molecule has 1 saturated carbocycles. The van der Waals surface area contributed by atoms with Crippen molar-refractivity contribution in [2.24, 2.45) is 0 Å². The van der Waals surface area contributed by atoms with Crippen molar-refractivity contribution in [3.8, 4) is 11.8 Å². The maximum Gasteiger partial charge on any atom is 0.214 e. The Morgan fingerprint density at radius 2 is 1.86 bits per heavy atom. The van der Waals surface area contributed by atoms with E-state index in [0.717, 1.165) is 36.8 Å². The molecular formula is C16H21NO3S. The Hall–Kier alpha value is -1.35. The molecule has 21 heavy (non-hydrogen) atoms. The fourth-order valence-corrected chi connectivity index (χ4v) is 3.98. The Morgan fingerprint density at radius 1 is 1.19 bits per heavy atom. The summed E-state index contributed by atoms with van der Waals surface area (Å²) in [4.78, 5) is 0. The molecule has 0 aliphatic heterocycles. The first-order chi connectivity index (χ1) is 10.1. The second kappa shape index (κ2) is 7.60. The third-order valence-electron chi connectivity index (χ3n) is 3.64. The zero-order valence-corrected chi connectivity index (χ0v) is 12.8. The Morgan fingerprint density at radius 3 is 2.48 bits per heavy atom. The minimum Gasteiger partial charge on any atom is -0.395 e. The first-order valence-corrected chi connectivity index (χ1v) is 8.83. The standard InChI is InChI=1S/C16H21NO3S/c18-12-4-3-5-14-8-10-15(11-9-14)13-17-21(19,20)16-6-1-2-7-16/h8-11,16-18H,1-2,4,6-7,12-13H2. The summed E-state index contributed by atoms with van der Waals surface area (Å²) in [6.07, 6.45) is 4.02. The number of aliphatic hydroxyl groups excluding tert-OH is 1. The SMILES string of the molecule is O=S(=O)(NCc1ccc(C#CCCO)cc1)C1CCCC1. The van der Waals surface area contributed by atoms with E-state index >= 15 is 0 Å². The molecule has 1 aromatic rings. The predicted molar refractivity (Wildman–Crippen MR) is 83.0 cm³/mol. The van der Waals surface area contributed by atoms with Crippen LogP contribution in [0.15, 0.2) is 24.3 Å². The summed E-state index contributed by atoms with van der Waals surface area (Å²) in [7, 11) is -3.19. The summed E-state index contributed by atoms with van der Waals surface area (Å²) in [6.45, 7) is 0.386. The van der Waals surface area contributed by atoms with Crippen LogP contribution in [-0.4, -0.2) is 25.4 Å². The molecule has 0 atom stereocenters. The molecule has 0 unspecified atom stereocenters. The summed E-state index contributed by atoms with van der Waals surface area (Å²) < 4.78 is 26.9. The molecule has 0 spiro atoms. The normalized spacial score (nSPS) is 15.7. The number of aliphatic hydroxyl groups is 1. The van der Waals surface area contributed by atoms with E-state index in [1.165, 1.54) is 0 Å². The van der Waals surface area contributed by atoms with E-state index < -0.39 is 10.0 Å². The Bertz CT molecular complexity index is 605. The first kappa shape index (κ1) is 16.0. The topological polar surface area (TPSA) is 66.4 Å². The summed E-state index contributed by atoms with van der Waals surface area (Å²) >= 11 is 0. The number of hydrogen-bond donors (Lipinski definition) is 2. The van der Waals surface area contributed by atoms with Crippen molar-refractivity contribution >= 4 is 10.0 Å². The van der Waals surface area contributed by atoms with Crippen LogP contribution in [0.1, 0.15) is 43.2 Å². The van der Waals surface area contributed by atoms with Gasteiger partial charge in [0.1, 0.15) is 0 Å². The van der Waals surface area contributed by atoms with E-state index in [9.17, 15) is 8.42 Å². The van der Waals surface area contributed by atoms with E-state index in [1.807, 2.05) is 24.3 Å². The summed E-state index contributed by atoms with van der Waals surface area (Å²) in [5, 5.41) is 8.44. The number of benzene rings is 1. The van der Waals surface area contributed by atoms with E-state index in [1.54, 1.807) is 0 Å². The molecule has 1 fully saturated rings. The van der Waals surface area contributed by atoms with Crippen molar-refractivity contribution < 1.29 is 13.5 Å². The van der Waals surface area contributed by atoms with Gasteiger partial charge in [0, 0.05) is 18.5 Å². The minimum atomic E-state index is -3.19. The molecule has 2 N–H and O–H groups in total. The van der Waals surface area contributed by atoms with Crippen molar-refractivity contribution in [2.75, 3.05) is 6.61 Å². The molecule has 4 nitrogen and oxygen atoms in total. The average Bonchev–Trinajstić information content (AvgIpc) is 3.02. The van der Waals surface area contributed by atoms with Crippen molar-refractivity contribution in [1.29, 1.82) is 0 Å². The molecule has 1 aliphatic carbocycles. The van der Waals surface area contributed by atoms with Gasteiger partial charge < -0.3 is 5.11 Å². The molecule has 0 heterocycles. The maximum absolute atomic E-state index is 12.1. The minimum absolute atomic E-state index is 0.0635. The van der Waals surface area contributed by atoms with E-state index in [2.05, 4.69) is 16.6 Å². The lowest BCUT2D eigenvalue weighted by Crippen LogP contribution is -2.32. The van der Waals surface area contributed by atoms with Gasteiger partial charge in [-0.1, -0.05) is 36.8 Å². The highest BCUT2D eigenvalue weighted by Crippen LogP contribution is 2.24. The van der Waals surface area contributed by atoms with Gasteiger partial charge in [-0.25, -0.2) is 13.1 Å². The molecular weight excluding hydrogens is 286 g/mol. The molecule has 5 heteroatoms. The van der Waals surface area contributed by atoms with Gasteiger partial charge in [0.25, 0.3) is 0 Å². The Labute approximate surface area is 126 Å². The highest BCUT2D eigenvalue weighted by atomic mass is 32.2. The van der Waals surface area contributed by atoms with Gasteiger partial charge in [0.05, 0.1) is 11.9 Å². The fraction of sp³-hybridized carbons (Fsp3) is 0.500. The fourth-order valence-electron chi connectivity index (χ4n) is 2.43. The van der Waals surface area contributed by atoms with Crippen LogP contribution in [0, 0.1) is 11.8 Å². The largest absolute Gasteiger partial charge is 0.395 e. The van der Waals surface area contributed by atoms with Gasteiger partial charge in [-0.05, 0) is 30.5 Å². The molecule has 114 valence electrons. The summed E-state index contributed by atoms with van der Waals surface area (Å²) in [5.41, 5.74) is 1.79. The monoisotopic (exact) mass is 307 g/mol. The molecule has 0 aromatic heterocycles. The highest BCUT2D eigenvalue weighted by molar-refractivity contribution is 7.90. The van der Waals surface area contributed by atoms with Gasteiger partial charge in [0.15, 0.2) is 0 Å². The van der Waals surface area contributed by atoms with Crippen LogP contribution < -0.4 is 4.72 Å². The molecule has 0 bridgehead atoms. The lowest BCUT2D eigenvalue weighted by Gasteiger charge is -2.12. The number of sulfonamides is 1. The third kappa shape index (κ3) is 4.85. The molecule has 0 amide bonds. The lowest BCUT2D eigenvalue weighted by atomic mass is 10.1. The van der Waals surface area contributed by atoms with Crippen LogP contribution in [0.5, 0.6) is 0 Å². The maximum atomic E-state index is 12.1. The molecule has 1 aliphatic rings. The van der Waals surface area contributed by atoms with E-state index in [0.29, 0.717) is 13.0 Å². The molecule has 2 rings (SSSR count). The quantitative estimate of drug-likeness (QED) is 0.815. The Kier molecular flexibility index (Phi) is 5.80. The van der Waals surface area contributed by atoms with Crippen LogP contribution in [-0.2, 0) is 16.6 Å². The van der Waals surface area contributed by atoms with E-state index in [4.69, 9.17) is 5.11 Å². The van der Waals surface area contributed by atoms with Crippen molar-refractivity contribution in [2.45, 2.75) is 43.9 Å². The van der Waals surface area contributed by atoms with Crippen molar-refractivity contribution in [3.05, 3.63) is 35.4 Å². The van der Waals surface area contributed by atoms with Gasteiger partial charge in [-0.15, -0.1) is 0 Å². The third-order valence-corrected chi connectivity index (χ3v) is 5.54. The lowest BCUT2D eigenvalue weighted by molar-refractivity contribution is 0.305. The predicted octanol–water partition coefficient (Wildman–Crippen LogP) is 1.78. The number of hydrogen-bond acceptors (Lipinski definition) is 3. The molecule has 0 saturated heterocycles. The summed E-state index contributed by atoms with van der Waals surface area (Å²) in [5.74, 6) is 5.79. The van der Waals surface area contributed by atoms with Crippen LogP contribution in [0.3, 0.4) is 0 Å². The smallest absolute Gasteiger partial charge is 0.214 e. The second-order valence-corrected chi connectivity index (χ2v) is 7.29. The number of nitrogens with one attached hydrogen (secondary N) is 1. The summed E-state index contributed by atoms with van der Waals surface area (Å²) in [6, 6.07) is 7.48. The van der Waals surface area contributed by atoms with Crippen LogP contribution in [0.25, 0.3) is 0 Å². The van der Waals surface area contributed by atoms with Crippen LogP contribution >= 0.6 is 0 Å². The van der Waals surface area contributed by atoms with Gasteiger partial charge in [0.2, 0.25) is 10.0 Å². The van der Waals surface area contributed by atoms with Crippen molar-refractivity contribution in [3.63, 3.8) is 0 Å². The van der Waals surface area contributed by atoms with E-state index in [-0.39, 0.29) is 11.9 Å². The van der Waals surface area contributed by atoms with Gasteiger partial charge in [-0.2, -0.15) is 0 Å². The zero-order valence-electron chi connectivity index (χ0n) is 12.0. The average molecular weight is 307 g/mol. The molecule has 0 radical (unpaired) electrons. The zero-order chi connectivity index (χ0) is 15.1. The highest BCUT2D eigenvalue weighted by Gasteiger charge is 2.27. The first-order valence-electron chi connectivity index (χ1n) is 7.29.